The van der Waals surface area contributed by atoms with Crippen molar-refractivity contribution in [1.29, 1.82) is 0 Å². The number of carbonyl (C=O) groups is 2. The number of carbonyl (C=O) groups excluding carboxylic acids is 2. The molecular formula is C25H34N2O3. The van der Waals surface area contributed by atoms with Gasteiger partial charge in [0.05, 0.1) is 13.5 Å². The molecule has 5 nitrogen and oxygen atoms in total. The van der Waals surface area contributed by atoms with Crippen molar-refractivity contribution in [2.24, 2.45) is 0 Å². The summed E-state index contributed by atoms with van der Waals surface area (Å²) in [6.07, 6.45) is 2.77. The second-order valence-electron chi connectivity index (χ2n) is 7.55. The van der Waals surface area contributed by atoms with Crippen molar-refractivity contribution in [1.82, 2.24) is 10.2 Å². The predicted octanol–water partition coefficient (Wildman–Crippen LogP) is 4.27. The van der Waals surface area contributed by atoms with E-state index in [0.29, 0.717) is 19.5 Å². The Kier molecular flexibility index (Phi) is 9.39. The van der Waals surface area contributed by atoms with Crippen LogP contribution in [-0.4, -0.2) is 36.4 Å². The molecule has 5 heteroatoms. The number of aryl methyl sites for hydroxylation is 1. The Hall–Kier alpha value is -2.82. The predicted molar refractivity (Wildman–Crippen MR) is 120 cm³/mol. The topological polar surface area (TPSA) is 58.6 Å². The Morgan fingerprint density at radius 1 is 1.10 bits per heavy atom. The number of ether oxygens (including phenoxy) is 1. The SMILES string of the molecule is CCCCNC(=O)C(CC)N(Cc1cccc(OC)c1)C(=O)Cc1ccccc1C. The summed E-state index contributed by atoms with van der Waals surface area (Å²) in [6, 6.07) is 15.0. The van der Waals surface area contributed by atoms with Gasteiger partial charge in [-0.25, -0.2) is 0 Å². The Morgan fingerprint density at radius 2 is 1.87 bits per heavy atom. The zero-order valence-electron chi connectivity index (χ0n) is 18.6. The number of nitrogens with one attached hydrogen (secondary N) is 1. The van der Waals surface area contributed by atoms with Crippen LogP contribution in [0.25, 0.3) is 0 Å². The third-order valence-corrected chi connectivity index (χ3v) is 5.31. The first-order chi connectivity index (χ1) is 14.5. The van der Waals surface area contributed by atoms with Crippen LogP contribution in [0.3, 0.4) is 0 Å². The second-order valence-corrected chi connectivity index (χ2v) is 7.55. The molecule has 0 saturated heterocycles. The average Bonchev–Trinajstić information content (AvgIpc) is 2.75. The molecule has 162 valence electrons. The van der Waals surface area contributed by atoms with E-state index in [1.807, 2.05) is 62.4 Å². The van der Waals surface area contributed by atoms with E-state index in [0.717, 1.165) is 35.3 Å². The van der Waals surface area contributed by atoms with Crippen LogP contribution in [-0.2, 0) is 22.6 Å². The Labute approximate surface area is 180 Å². The van der Waals surface area contributed by atoms with Crippen LogP contribution >= 0.6 is 0 Å². The molecule has 30 heavy (non-hydrogen) atoms. The maximum atomic E-state index is 13.4. The van der Waals surface area contributed by atoms with Crippen molar-refractivity contribution in [3.63, 3.8) is 0 Å². The van der Waals surface area contributed by atoms with Gasteiger partial charge in [-0.1, -0.05) is 56.7 Å². The van der Waals surface area contributed by atoms with Crippen molar-refractivity contribution < 1.29 is 14.3 Å². The van der Waals surface area contributed by atoms with Crippen molar-refractivity contribution in [3.05, 3.63) is 65.2 Å². The molecule has 0 aliphatic rings. The van der Waals surface area contributed by atoms with Crippen LogP contribution in [0, 0.1) is 6.92 Å². The number of hydrogen-bond donors (Lipinski definition) is 1. The molecule has 1 unspecified atom stereocenters. The molecule has 2 rings (SSSR count). The smallest absolute Gasteiger partial charge is 0.242 e. The van der Waals surface area contributed by atoms with Crippen LogP contribution in [0.15, 0.2) is 48.5 Å². The van der Waals surface area contributed by atoms with Crippen molar-refractivity contribution in [2.75, 3.05) is 13.7 Å². The fourth-order valence-electron chi connectivity index (χ4n) is 3.47. The highest BCUT2D eigenvalue weighted by Gasteiger charge is 2.28. The summed E-state index contributed by atoms with van der Waals surface area (Å²) in [5.74, 6) is 0.593. The Morgan fingerprint density at radius 3 is 2.53 bits per heavy atom. The van der Waals surface area contributed by atoms with Crippen molar-refractivity contribution in [2.45, 2.75) is 59.0 Å². The highest BCUT2D eigenvalue weighted by atomic mass is 16.5. The summed E-state index contributed by atoms with van der Waals surface area (Å²) in [6.45, 7) is 7.03. The monoisotopic (exact) mass is 410 g/mol. The molecule has 0 fully saturated rings. The van der Waals surface area contributed by atoms with Crippen LogP contribution in [0.2, 0.25) is 0 Å². The number of hydrogen-bond acceptors (Lipinski definition) is 3. The molecule has 0 radical (unpaired) electrons. The average molecular weight is 411 g/mol. The molecule has 0 aliphatic carbocycles. The lowest BCUT2D eigenvalue weighted by Gasteiger charge is -2.31. The standard InChI is InChI=1S/C25H34N2O3/c1-5-7-15-26-25(29)23(6-2)27(18-20-12-10-14-22(16-20)30-4)24(28)17-21-13-9-8-11-19(21)3/h8-14,16,23H,5-7,15,17-18H2,1-4H3,(H,26,29). The minimum atomic E-state index is -0.510. The molecule has 1 N–H and O–H groups in total. The summed E-state index contributed by atoms with van der Waals surface area (Å²) in [7, 11) is 1.62. The van der Waals surface area contributed by atoms with Gasteiger partial charge in [0.1, 0.15) is 11.8 Å². The molecule has 2 aromatic rings. The fourth-order valence-corrected chi connectivity index (χ4v) is 3.47. The minimum absolute atomic E-state index is 0.0513. The lowest BCUT2D eigenvalue weighted by Crippen LogP contribution is -2.49. The molecular weight excluding hydrogens is 376 g/mol. The Balaban J connectivity index is 2.28. The van der Waals surface area contributed by atoms with Gasteiger partial charge in [-0.05, 0) is 48.6 Å². The molecule has 2 aromatic carbocycles. The van der Waals surface area contributed by atoms with Gasteiger partial charge in [0, 0.05) is 13.1 Å². The molecule has 1 atom stereocenters. The molecule has 0 spiro atoms. The van der Waals surface area contributed by atoms with Crippen molar-refractivity contribution in [3.8, 4) is 5.75 Å². The first-order valence-corrected chi connectivity index (χ1v) is 10.7. The van der Waals surface area contributed by atoms with E-state index in [4.69, 9.17) is 4.74 Å². The van der Waals surface area contributed by atoms with Gasteiger partial charge in [0.25, 0.3) is 0 Å². The highest BCUT2D eigenvalue weighted by Crippen LogP contribution is 2.19. The zero-order valence-corrected chi connectivity index (χ0v) is 18.6. The van der Waals surface area contributed by atoms with E-state index < -0.39 is 6.04 Å². The largest absolute Gasteiger partial charge is 0.497 e. The van der Waals surface area contributed by atoms with Gasteiger partial charge in [0.2, 0.25) is 11.8 Å². The molecule has 0 saturated carbocycles. The summed E-state index contributed by atoms with van der Waals surface area (Å²) >= 11 is 0. The summed E-state index contributed by atoms with van der Waals surface area (Å²) in [5, 5.41) is 3.00. The normalized spacial score (nSPS) is 11.6. The van der Waals surface area contributed by atoms with E-state index in [1.54, 1.807) is 12.0 Å². The summed E-state index contributed by atoms with van der Waals surface area (Å²) in [4.78, 5) is 28.0. The van der Waals surface area contributed by atoms with Crippen LogP contribution in [0.5, 0.6) is 5.75 Å². The third-order valence-electron chi connectivity index (χ3n) is 5.31. The molecule has 2 amide bonds. The van der Waals surface area contributed by atoms with Crippen LogP contribution < -0.4 is 10.1 Å². The number of methoxy groups -OCH3 is 1. The summed E-state index contributed by atoms with van der Waals surface area (Å²) in [5.41, 5.74) is 3.00. The van der Waals surface area contributed by atoms with E-state index in [-0.39, 0.29) is 18.2 Å². The highest BCUT2D eigenvalue weighted by molar-refractivity contribution is 5.88. The van der Waals surface area contributed by atoms with Gasteiger partial charge in [-0.15, -0.1) is 0 Å². The summed E-state index contributed by atoms with van der Waals surface area (Å²) < 4.78 is 5.33. The lowest BCUT2D eigenvalue weighted by atomic mass is 10.0. The molecule has 0 heterocycles. The minimum Gasteiger partial charge on any atom is -0.497 e. The number of rotatable bonds is 11. The Bertz CT molecular complexity index is 835. The lowest BCUT2D eigenvalue weighted by molar-refractivity contribution is -0.140. The first kappa shape index (κ1) is 23.5. The van der Waals surface area contributed by atoms with Crippen molar-refractivity contribution >= 4 is 11.8 Å². The van der Waals surface area contributed by atoms with Gasteiger partial charge >= 0.3 is 0 Å². The number of unbranched alkanes of at least 4 members (excludes halogenated alkanes) is 1. The number of nitrogens with zero attached hydrogens (tertiary/aromatic N) is 1. The zero-order chi connectivity index (χ0) is 21.9. The van der Waals surface area contributed by atoms with E-state index in [2.05, 4.69) is 12.2 Å². The van der Waals surface area contributed by atoms with Gasteiger partial charge in [-0.2, -0.15) is 0 Å². The van der Waals surface area contributed by atoms with Gasteiger partial charge in [-0.3, -0.25) is 9.59 Å². The quantitative estimate of drug-likeness (QED) is 0.563. The van der Waals surface area contributed by atoms with E-state index >= 15 is 0 Å². The number of amides is 2. The van der Waals surface area contributed by atoms with Crippen LogP contribution in [0.4, 0.5) is 0 Å². The molecule has 0 aromatic heterocycles. The van der Waals surface area contributed by atoms with Gasteiger partial charge < -0.3 is 15.0 Å². The van der Waals surface area contributed by atoms with E-state index in [1.165, 1.54) is 0 Å². The second kappa shape index (κ2) is 12.0. The maximum absolute atomic E-state index is 13.4. The third kappa shape index (κ3) is 6.61. The number of benzene rings is 2. The van der Waals surface area contributed by atoms with E-state index in [9.17, 15) is 9.59 Å². The maximum Gasteiger partial charge on any atom is 0.242 e. The van der Waals surface area contributed by atoms with Gasteiger partial charge in [0.15, 0.2) is 0 Å². The first-order valence-electron chi connectivity index (χ1n) is 10.7. The van der Waals surface area contributed by atoms with Crippen LogP contribution in [0.1, 0.15) is 49.8 Å². The fraction of sp³-hybridized carbons (Fsp3) is 0.440. The molecule has 0 bridgehead atoms. The molecule has 0 aliphatic heterocycles.